The van der Waals surface area contributed by atoms with E-state index in [9.17, 15) is 9.59 Å². The van der Waals surface area contributed by atoms with E-state index in [0.29, 0.717) is 17.8 Å². The summed E-state index contributed by atoms with van der Waals surface area (Å²) < 4.78 is 9.10. The molecule has 0 rings (SSSR count). The van der Waals surface area contributed by atoms with Crippen LogP contribution in [0.25, 0.3) is 0 Å². The lowest BCUT2D eigenvalue weighted by molar-refractivity contribution is -0.138. The number of methoxy groups -OCH3 is 1. The van der Waals surface area contributed by atoms with Crippen molar-refractivity contribution in [2.45, 2.75) is 52.9 Å². The second kappa shape index (κ2) is 13.8. The number of hydrogen-bond acceptors (Lipinski definition) is 4. The summed E-state index contributed by atoms with van der Waals surface area (Å²) >= 11 is 0. The van der Waals surface area contributed by atoms with Gasteiger partial charge in [0.1, 0.15) is 0 Å². The minimum absolute atomic E-state index is 0.237. The molecule has 0 aliphatic heterocycles. The third-order valence-corrected chi connectivity index (χ3v) is 2.43. The van der Waals surface area contributed by atoms with E-state index in [4.69, 9.17) is 4.74 Å². The largest absolute Gasteiger partial charge is 0.466 e. The fraction of sp³-hybridized carbons (Fsp3) is 0.625. The van der Waals surface area contributed by atoms with E-state index >= 15 is 0 Å². The molecule has 0 atom stereocenters. The van der Waals surface area contributed by atoms with Gasteiger partial charge in [0.15, 0.2) is 0 Å². The number of rotatable bonds is 8. The molecule has 0 amide bonds. The quantitative estimate of drug-likeness (QED) is 0.386. The molecule has 0 heterocycles. The van der Waals surface area contributed by atoms with Crippen LogP contribution in [0.4, 0.5) is 0 Å². The normalized spacial score (nSPS) is 9.00. The number of carbonyl (C=O) groups is 2. The fourth-order valence-electron chi connectivity index (χ4n) is 1.27. The molecule has 0 unspecified atom stereocenters. The van der Waals surface area contributed by atoms with Crippen molar-refractivity contribution >= 4 is 11.9 Å². The average Bonchev–Trinajstić information content (AvgIpc) is 2.43. The van der Waals surface area contributed by atoms with E-state index in [2.05, 4.69) is 24.8 Å². The van der Waals surface area contributed by atoms with Gasteiger partial charge < -0.3 is 9.47 Å². The molecule has 0 bridgehead atoms. The van der Waals surface area contributed by atoms with Gasteiger partial charge in [-0.05, 0) is 26.7 Å². The van der Waals surface area contributed by atoms with Crippen molar-refractivity contribution in [1.29, 1.82) is 0 Å². The molecule has 4 heteroatoms. The molecule has 0 spiro atoms. The predicted octanol–water partition coefficient (Wildman–Crippen LogP) is 3.81. The van der Waals surface area contributed by atoms with Gasteiger partial charge in [0.25, 0.3) is 0 Å². The monoisotopic (exact) mass is 284 g/mol. The first kappa shape index (κ1) is 20.7. The molecule has 0 radical (unpaired) electrons. The zero-order chi connectivity index (χ0) is 16.0. The van der Waals surface area contributed by atoms with Gasteiger partial charge in [-0.1, -0.05) is 39.3 Å². The molecule has 0 aliphatic carbocycles. The Kier molecular flexibility index (Phi) is 14.3. The topological polar surface area (TPSA) is 52.6 Å². The van der Waals surface area contributed by atoms with Crippen LogP contribution >= 0.6 is 0 Å². The molecular formula is C16H28O4. The molecule has 4 nitrogen and oxygen atoms in total. The predicted molar refractivity (Wildman–Crippen MR) is 81.4 cm³/mol. The highest BCUT2D eigenvalue weighted by Gasteiger charge is 2.06. The Hall–Kier alpha value is -1.58. The second-order valence-electron chi connectivity index (χ2n) is 4.41. The summed E-state index contributed by atoms with van der Waals surface area (Å²) in [7, 11) is 1.33. The van der Waals surface area contributed by atoms with Gasteiger partial charge in [-0.15, -0.1) is 0 Å². The van der Waals surface area contributed by atoms with E-state index in [0.717, 1.165) is 12.8 Å². The van der Waals surface area contributed by atoms with Gasteiger partial charge in [0, 0.05) is 11.1 Å². The summed E-state index contributed by atoms with van der Waals surface area (Å²) in [5.74, 6) is -0.584. The first-order valence-electron chi connectivity index (χ1n) is 6.99. The van der Waals surface area contributed by atoms with Gasteiger partial charge in [0.05, 0.1) is 13.7 Å². The molecular weight excluding hydrogens is 256 g/mol. The molecule has 0 saturated heterocycles. The lowest BCUT2D eigenvalue weighted by Crippen LogP contribution is -2.06. The second-order valence-corrected chi connectivity index (χ2v) is 4.41. The Morgan fingerprint density at radius 3 is 1.95 bits per heavy atom. The first-order chi connectivity index (χ1) is 9.40. The lowest BCUT2D eigenvalue weighted by Gasteiger charge is -2.04. The molecule has 0 fully saturated rings. The summed E-state index contributed by atoms with van der Waals surface area (Å²) in [6.45, 7) is 13.1. The van der Waals surface area contributed by atoms with Crippen molar-refractivity contribution in [2.75, 3.05) is 13.7 Å². The highest BCUT2D eigenvalue weighted by Crippen LogP contribution is 2.09. The van der Waals surface area contributed by atoms with Crippen molar-refractivity contribution in [3.8, 4) is 0 Å². The van der Waals surface area contributed by atoms with Crippen LogP contribution in [0, 0.1) is 0 Å². The molecule has 0 saturated carbocycles. The van der Waals surface area contributed by atoms with Crippen molar-refractivity contribution in [3.63, 3.8) is 0 Å². The Morgan fingerprint density at radius 2 is 1.60 bits per heavy atom. The highest BCUT2D eigenvalue weighted by molar-refractivity contribution is 5.87. The maximum absolute atomic E-state index is 11.1. The van der Waals surface area contributed by atoms with Gasteiger partial charge >= 0.3 is 11.9 Å². The zero-order valence-electron chi connectivity index (χ0n) is 13.3. The van der Waals surface area contributed by atoms with Crippen LogP contribution < -0.4 is 0 Å². The zero-order valence-corrected chi connectivity index (χ0v) is 13.3. The maximum atomic E-state index is 11.1. The maximum Gasteiger partial charge on any atom is 0.333 e. The molecule has 0 N–H and O–H groups in total. The van der Waals surface area contributed by atoms with Crippen molar-refractivity contribution in [1.82, 2.24) is 0 Å². The fourth-order valence-corrected chi connectivity index (χ4v) is 1.27. The van der Waals surface area contributed by atoms with Gasteiger partial charge in [-0.2, -0.15) is 0 Å². The van der Waals surface area contributed by atoms with Crippen LogP contribution in [0.5, 0.6) is 0 Å². The van der Waals surface area contributed by atoms with E-state index in [1.54, 1.807) is 6.92 Å². The minimum Gasteiger partial charge on any atom is -0.466 e. The number of ether oxygens (including phenoxy) is 2. The van der Waals surface area contributed by atoms with Crippen LogP contribution in [0.15, 0.2) is 24.3 Å². The van der Waals surface area contributed by atoms with Crippen LogP contribution in [-0.4, -0.2) is 25.7 Å². The standard InChI is InChI=1S/C11H20O2.C5H8O2/c1-4-6-7-8-9-10(3)11(12)13-5-2;1-4(2)5(6)7-3/h3-9H2,1-2H3;1H2,2-3H3. The molecule has 0 aromatic carbocycles. The first-order valence-corrected chi connectivity index (χ1v) is 6.99. The molecule has 0 aliphatic rings. The van der Waals surface area contributed by atoms with Crippen LogP contribution in [0.2, 0.25) is 0 Å². The minimum atomic E-state index is -0.347. The number of carbonyl (C=O) groups excluding carboxylic acids is 2. The average molecular weight is 284 g/mol. The van der Waals surface area contributed by atoms with E-state index in [-0.39, 0.29) is 11.9 Å². The number of unbranched alkanes of at least 4 members (excludes halogenated alkanes) is 3. The molecule has 0 aromatic rings. The third kappa shape index (κ3) is 12.9. The summed E-state index contributed by atoms with van der Waals surface area (Å²) in [6.07, 6.45) is 5.45. The van der Waals surface area contributed by atoms with Crippen molar-refractivity contribution < 1.29 is 19.1 Å². The third-order valence-electron chi connectivity index (χ3n) is 2.43. The van der Waals surface area contributed by atoms with Crippen LogP contribution in [0.3, 0.4) is 0 Å². The highest BCUT2D eigenvalue weighted by atomic mass is 16.5. The molecule has 116 valence electrons. The van der Waals surface area contributed by atoms with Gasteiger partial charge in [0.2, 0.25) is 0 Å². The SMILES string of the molecule is C=C(C)C(=O)OC.C=C(CCCCCC)C(=O)OCC. The van der Waals surface area contributed by atoms with Crippen molar-refractivity contribution in [3.05, 3.63) is 24.3 Å². The molecule has 0 aromatic heterocycles. The van der Waals surface area contributed by atoms with Crippen molar-refractivity contribution in [2.24, 2.45) is 0 Å². The van der Waals surface area contributed by atoms with Crippen LogP contribution in [-0.2, 0) is 19.1 Å². The van der Waals surface area contributed by atoms with Gasteiger partial charge in [-0.3, -0.25) is 0 Å². The number of hydrogen-bond donors (Lipinski definition) is 0. The lowest BCUT2D eigenvalue weighted by atomic mass is 10.1. The Bertz CT molecular complexity index is 318. The van der Waals surface area contributed by atoms with E-state index < -0.39 is 0 Å². The summed E-state index contributed by atoms with van der Waals surface area (Å²) in [4.78, 5) is 21.3. The Morgan fingerprint density at radius 1 is 1.00 bits per heavy atom. The smallest absolute Gasteiger partial charge is 0.333 e. The summed E-state index contributed by atoms with van der Waals surface area (Å²) in [5, 5.41) is 0. The molecule has 20 heavy (non-hydrogen) atoms. The van der Waals surface area contributed by atoms with E-state index in [1.165, 1.54) is 26.4 Å². The van der Waals surface area contributed by atoms with Gasteiger partial charge in [-0.25, -0.2) is 9.59 Å². The van der Waals surface area contributed by atoms with E-state index in [1.807, 2.05) is 6.92 Å². The summed E-state index contributed by atoms with van der Waals surface area (Å²) in [6, 6.07) is 0. The summed E-state index contributed by atoms with van der Waals surface area (Å²) in [5.41, 5.74) is 1.04. The Balaban J connectivity index is 0. The number of esters is 2. The Labute approximate surface area is 122 Å². The van der Waals surface area contributed by atoms with Crippen LogP contribution in [0.1, 0.15) is 52.9 Å².